The van der Waals surface area contributed by atoms with Crippen LogP contribution in [0.1, 0.15) is 43.6 Å². The smallest absolute Gasteiger partial charge is 0.0312 e. The predicted molar refractivity (Wildman–Crippen MR) is 82.3 cm³/mol. The zero-order chi connectivity index (χ0) is 11.8. The summed E-state index contributed by atoms with van der Waals surface area (Å²) in [5.41, 5.74) is 4.48. The molecule has 0 nitrogen and oxygen atoms in total. The highest BCUT2D eigenvalue weighted by Gasteiger charge is 2.58. The Morgan fingerprint density at radius 1 is 1.35 bits per heavy atom. The van der Waals surface area contributed by atoms with Crippen molar-refractivity contribution >= 4 is 40.0 Å². The van der Waals surface area contributed by atoms with Crippen molar-refractivity contribution in [2.45, 2.75) is 39.5 Å². The van der Waals surface area contributed by atoms with Crippen molar-refractivity contribution < 1.29 is 0 Å². The zero-order valence-electron chi connectivity index (χ0n) is 10.3. The lowest BCUT2D eigenvalue weighted by Gasteiger charge is -2.37. The van der Waals surface area contributed by atoms with Gasteiger partial charge in [0.2, 0.25) is 0 Å². The fraction of sp³-hybridized carbons (Fsp3) is 0.600. The topological polar surface area (TPSA) is 0 Å². The van der Waals surface area contributed by atoms with Crippen LogP contribution in [-0.4, -0.2) is 0 Å². The van der Waals surface area contributed by atoms with Gasteiger partial charge in [-0.2, -0.15) is 0 Å². The van der Waals surface area contributed by atoms with Crippen LogP contribution in [0.5, 0.6) is 0 Å². The third-order valence-corrected chi connectivity index (χ3v) is 7.85. The molecule has 0 radical (unpaired) electrons. The van der Waals surface area contributed by atoms with Gasteiger partial charge in [0.15, 0.2) is 0 Å². The van der Waals surface area contributed by atoms with Crippen molar-refractivity contribution in [3.05, 3.63) is 25.0 Å². The van der Waals surface area contributed by atoms with E-state index >= 15 is 0 Å². The first-order valence-corrected chi connectivity index (χ1v) is 8.46. The maximum Gasteiger partial charge on any atom is 0.0312 e. The van der Waals surface area contributed by atoms with Gasteiger partial charge in [0, 0.05) is 19.4 Å². The average molecular weight is 356 g/mol. The minimum Gasteiger partial charge on any atom is -0.147 e. The third kappa shape index (κ3) is 1.29. The summed E-state index contributed by atoms with van der Waals surface area (Å²) in [6, 6.07) is 0. The zero-order valence-corrected chi connectivity index (χ0v) is 13.3. The van der Waals surface area contributed by atoms with Gasteiger partial charge in [0.05, 0.1) is 0 Å². The van der Waals surface area contributed by atoms with Gasteiger partial charge in [-0.05, 0) is 65.0 Å². The SMILES string of the molecule is CC12CCC(C)(C1)C1Cc3scc(I)c3C=C12. The predicted octanol–water partition coefficient (Wildman–Crippen LogP) is 5.12. The van der Waals surface area contributed by atoms with Crippen molar-refractivity contribution in [2.24, 2.45) is 16.7 Å². The molecule has 0 aromatic carbocycles. The Morgan fingerprint density at radius 3 is 3.00 bits per heavy atom. The van der Waals surface area contributed by atoms with Crippen LogP contribution < -0.4 is 0 Å². The van der Waals surface area contributed by atoms with E-state index in [0.717, 1.165) is 5.92 Å². The van der Waals surface area contributed by atoms with E-state index in [-0.39, 0.29) is 0 Å². The quantitative estimate of drug-likeness (QED) is 0.566. The van der Waals surface area contributed by atoms with Crippen LogP contribution in [-0.2, 0) is 6.42 Å². The Morgan fingerprint density at radius 2 is 2.18 bits per heavy atom. The van der Waals surface area contributed by atoms with E-state index in [1.165, 1.54) is 29.3 Å². The summed E-state index contributed by atoms with van der Waals surface area (Å²) in [6.07, 6.45) is 8.18. The summed E-state index contributed by atoms with van der Waals surface area (Å²) < 4.78 is 1.46. The van der Waals surface area contributed by atoms with E-state index in [1.807, 2.05) is 11.3 Å². The molecule has 17 heavy (non-hydrogen) atoms. The number of hydrogen-bond acceptors (Lipinski definition) is 1. The lowest BCUT2D eigenvalue weighted by molar-refractivity contribution is 0.246. The van der Waals surface area contributed by atoms with E-state index in [2.05, 4.69) is 47.9 Å². The van der Waals surface area contributed by atoms with E-state index in [1.54, 1.807) is 16.0 Å². The van der Waals surface area contributed by atoms with E-state index in [4.69, 9.17) is 0 Å². The Hall–Kier alpha value is 0.170. The Balaban J connectivity index is 1.92. The van der Waals surface area contributed by atoms with Crippen LogP contribution in [0.2, 0.25) is 0 Å². The molecule has 3 aliphatic carbocycles. The molecule has 0 amide bonds. The Labute approximate surface area is 121 Å². The number of rotatable bonds is 0. The minimum atomic E-state index is 0.530. The van der Waals surface area contributed by atoms with Crippen molar-refractivity contribution in [2.75, 3.05) is 0 Å². The summed E-state index contributed by atoms with van der Waals surface area (Å²) >= 11 is 4.47. The lowest BCUT2D eigenvalue weighted by Crippen LogP contribution is -2.28. The number of halogens is 1. The lowest BCUT2D eigenvalue weighted by atomic mass is 9.67. The summed E-state index contributed by atoms with van der Waals surface area (Å²) in [7, 11) is 0. The van der Waals surface area contributed by atoms with E-state index in [9.17, 15) is 0 Å². The fourth-order valence-corrected chi connectivity index (χ4v) is 6.61. The normalized spacial score (nSPS) is 42.3. The molecule has 3 atom stereocenters. The summed E-state index contributed by atoms with van der Waals surface area (Å²) in [6.45, 7) is 5.04. The molecule has 2 heteroatoms. The maximum absolute atomic E-state index is 2.56. The molecule has 0 aliphatic heterocycles. The molecule has 3 aliphatic rings. The minimum absolute atomic E-state index is 0.530. The highest BCUT2D eigenvalue weighted by molar-refractivity contribution is 14.1. The first-order chi connectivity index (χ1) is 8.02. The molecule has 2 bridgehead atoms. The Kier molecular flexibility index (Phi) is 2.07. The molecule has 3 unspecified atom stereocenters. The number of thiophene rings is 1. The van der Waals surface area contributed by atoms with Crippen LogP contribution in [0.3, 0.4) is 0 Å². The standard InChI is InChI=1S/C15H17IS/c1-14-3-4-15(2,8-14)11-6-13-9(5-10(11)14)12(16)7-17-13/h5,7,11H,3-4,6,8H2,1-2H3. The summed E-state index contributed by atoms with van der Waals surface area (Å²) in [5, 5.41) is 2.33. The molecular weight excluding hydrogens is 339 g/mol. The van der Waals surface area contributed by atoms with Gasteiger partial charge < -0.3 is 0 Å². The van der Waals surface area contributed by atoms with Gasteiger partial charge in [-0.15, -0.1) is 11.3 Å². The van der Waals surface area contributed by atoms with Crippen LogP contribution >= 0.6 is 33.9 Å². The number of fused-ring (bicyclic) bond motifs is 6. The van der Waals surface area contributed by atoms with Gasteiger partial charge in [-0.1, -0.05) is 25.5 Å². The van der Waals surface area contributed by atoms with Crippen LogP contribution in [0.4, 0.5) is 0 Å². The van der Waals surface area contributed by atoms with E-state index in [0.29, 0.717) is 10.8 Å². The Bertz CT molecular complexity index is 541. The molecule has 1 heterocycles. The van der Waals surface area contributed by atoms with Gasteiger partial charge in [0.1, 0.15) is 0 Å². The molecule has 0 saturated heterocycles. The molecule has 0 spiro atoms. The molecule has 0 N–H and O–H groups in total. The second kappa shape index (κ2) is 3.19. The van der Waals surface area contributed by atoms with Crippen LogP contribution in [0.25, 0.3) is 6.08 Å². The molecule has 2 saturated carbocycles. The highest BCUT2D eigenvalue weighted by atomic mass is 127. The maximum atomic E-state index is 2.56. The van der Waals surface area contributed by atoms with Crippen LogP contribution in [0.15, 0.2) is 11.0 Å². The summed E-state index contributed by atoms with van der Waals surface area (Å²) in [5.74, 6) is 0.850. The second-order valence-electron chi connectivity index (χ2n) is 6.67. The highest BCUT2D eigenvalue weighted by Crippen LogP contribution is 2.69. The van der Waals surface area contributed by atoms with Gasteiger partial charge >= 0.3 is 0 Å². The monoisotopic (exact) mass is 356 g/mol. The average Bonchev–Trinajstić information content (AvgIpc) is 2.87. The van der Waals surface area contributed by atoms with Gasteiger partial charge in [-0.25, -0.2) is 0 Å². The van der Waals surface area contributed by atoms with Gasteiger partial charge in [-0.3, -0.25) is 0 Å². The van der Waals surface area contributed by atoms with E-state index < -0.39 is 0 Å². The van der Waals surface area contributed by atoms with Crippen molar-refractivity contribution in [3.63, 3.8) is 0 Å². The van der Waals surface area contributed by atoms with Crippen molar-refractivity contribution in [3.8, 4) is 0 Å². The third-order valence-electron chi connectivity index (χ3n) is 5.51. The molecule has 1 aromatic heterocycles. The second-order valence-corrected chi connectivity index (χ2v) is 8.79. The number of allylic oxidation sites excluding steroid dienone is 1. The summed E-state index contributed by atoms with van der Waals surface area (Å²) in [4.78, 5) is 1.64. The first kappa shape index (κ1) is 11.0. The largest absolute Gasteiger partial charge is 0.147 e. The molecule has 2 fully saturated rings. The van der Waals surface area contributed by atoms with Crippen molar-refractivity contribution in [1.29, 1.82) is 0 Å². The molecule has 4 rings (SSSR count). The van der Waals surface area contributed by atoms with Gasteiger partial charge in [0.25, 0.3) is 0 Å². The molecular formula is C15H17IS. The first-order valence-electron chi connectivity index (χ1n) is 6.50. The molecule has 90 valence electrons. The van der Waals surface area contributed by atoms with Crippen molar-refractivity contribution in [1.82, 2.24) is 0 Å². The molecule has 1 aromatic rings. The van der Waals surface area contributed by atoms with Crippen LogP contribution in [0, 0.1) is 20.3 Å². The fourth-order valence-electron chi connectivity index (χ4n) is 4.63. The number of hydrogen-bond donors (Lipinski definition) is 0.